The second-order valence-corrected chi connectivity index (χ2v) is 9.65. The molecule has 0 atom stereocenters. The number of phenolic OH excluding ortho intramolecular Hbond substituents is 1. The number of carbonyl (C=O) groups excluding carboxylic acids is 1. The number of amides is 1. The van der Waals surface area contributed by atoms with Gasteiger partial charge in [-0.15, -0.1) is 0 Å². The third kappa shape index (κ3) is 4.43. The summed E-state index contributed by atoms with van der Waals surface area (Å²) in [5.41, 5.74) is 6.00. The van der Waals surface area contributed by atoms with Gasteiger partial charge in [-0.05, 0) is 47.4 Å². The molecule has 0 bridgehead atoms. The molecule has 0 aliphatic heterocycles. The lowest BCUT2D eigenvalue weighted by molar-refractivity contribution is 0.0950. The van der Waals surface area contributed by atoms with Crippen LogP contribution in [0.3, 0.4) is 0 Å². The number of carbonyl (C=O) groups is 1. The van der Waals surface area contributed by atoms with E-state index in [1.165, 1.54) is 0 Å². The molecule has 28 heavy (non-hydrogen) atoms. The fourth-order valence-electron chi connectivity index (χ4n) is 3.15. The Kier molecular flexibility index (Phi) is 5.08. The standard InChI is InChI=1S/C22H30N4O2/c1-21(2,3)15-9-13(10-16(19(15)27)22(4,5)6)12-23-26-20(28)18-11-17(24-25-18)14-7-8-14/h9-12,14,27H,7-8H2,1-6H3,(H,24,25)(H,26,28). The molecule has 6 nitrogen and oxygen atoms in total. The van der Waals surface area contributed by atoms with Gasteiger partial charge in [-0.3, -0.25) is 9.89 Å². The van der Waals surface area contributed by atoms with E-state index in [9.17, 15) is 9.90 Å². The summed E-state index contributed by atoms with van der Waals surface area (Å²) in [4.78, 5) is 12.3. The molecule has 3 rings (SSSR count). The van der Waals surface area contributed by atoms with Gasteiger partial charge < -0.3 is 5.11 Å². The summed E-state index contributed by atoms with van der Waals surface area (Å²) in [6.45, 7) is 12.4. The van der Waals surface area contributed by atoms with Crippen LogP contribution in [0, 0.1) is 0 Å². The zero-order chi connectivity index (χ0) is 20.7. The summed E-state index contributed by atoms with van der Waals surface area (Å²) < 4.78 is 0. The molecule has 0 unspecified atom stereocenters. The number of rotatable bonds is 4. The summed E-state index contributed by atoms with van der Waals surface area (Å²) in [6, 6.07) is 5.62. The van der Waals surface area contributed by atoms with Crippen LogP contribution in [0.2, 0.25) is 0 Å². The van der Waals surface area contributed by atoms with Crippen molar-refractivity contribution < 1.29 is 9.90 Å². The number of aromatic hydroxyl groups is 1. The number of hydrogen-bond donors (Lipinski definition) is 3. The minimum atomic E-state index is -0.342. The van der Waals surface area contributed by atoms with Crippen LogP contribution < -0.4 is 5.43 Å². The van der Waals surface area contributed by atoms with Gasteiger partial charge in [0.25, 0.3) is 5.91 Å². The first kappa shape index (κ1) is 20.1. The molecule has 1 heterocycles. The van der Waals surface area contributed by atoms with Crippen LogP contribution >= 0.6 is 0 Å². The largest absolute Gasteiger partial charge is 0.507 e. The molecule has 1 aromatic carbocycles. The highest BCUT2D eigenvalue weighted by atomic mass is 16.3. The molecule has 6 heteroatoms. The predicted octanol–water partition coefficient (Wildman–Crippen LogP) is 4.35. The number of phenols is 1. The Bertz CT molecular complexity index is 874. The molecule has 0 saturated heterocycles. The third-order valence-corrected chi connectivity index (χ3v) is 4.98. The second-order valence-electron chi connectivity index (χ2n) is 9.65. The van der Waals surface area contributed by atoms with Crippen LogP contribution in [0.4, 0.5) is 0 Å². The first-order valence-corrected chi connectivity index (χ1v) is 9.73. The molecule has 1 aliphatic rings. The van der Waals surface area contributed by atoms with Gasteiger partial charge in [0.05, 0.1) is 6.21 Å². The van der Waals surface area contributed by atoms with E-state index < -0.39 is 0 Å². The van der Waals surface area contributed by atoms with Gasteiger partial charge in [-0.1, -0.05) is 41.5 Å². The molecule has 1 saturated carbocycles. The van der Waals surface area contributed by atoms with Crippen molar-refractivity contribution in [3.63, 3.8) is 0 Å². The fourth-order valence-corrected chi connectivity index (χ4v) is 3.15. The monoisotopic (exact) mass is 382 g/mol. The van der Waals surface area contributed by atoms with E-state index >= 15 is 0 Å². The Hall–Kier alpha value is -2.63. The van der Waals surface area contributed by atoms with Crippen LogP contribution in [0.5, 0.6) is 5.75 Å². The van der Waals surface area contributed by atoms with Crippen molar-refractivity contribution in [2.24, 2.45) is 5.10 Å². The van der Waals surface area contributed by atoms with Gasteiger partial charge in [-0.25, -0.2) is 5.43 Å². The van der Waals surface area contributed by atoms with Crippen molar-refractivity contribution in [3.05, 3.63) is 46.3 Å². The summed E-state index contributed by atoms with van der Waals surface area (Å²) >= 11 is 0. The summed E-state index contributed by atoms with van der Waals surface area (Å²) in [5, 5.41) is 21.9. The van der Waals surface area contributed by atoms with Crippen molar-refractivity contribution in [2.75, 3.05) is 0 Å². The van der Waals surface area contributed by atoms with Gasteiger partial charge in [-0.2, -0.15) is 10.2 Å². The van der Waals surface area contributed by atoms with E-state index in [0.29, 0.717) is 17.4 Å². The Morgan fingerprint density at radius 1 is 1.14 bits per heavy atom. The van der Waals surface area contributed by atoms with E-state index in [-0.39, 0.29) is 16.7 Å². The molecule has 150 valence electrons. The van der Waals surface area contributed by atoms with Gasteiger partial charge in [0.1, 0.15) is 5.75 Å². The van der Waals surface area contributed by atoms with E-state index in [1.807, 2.05) is 12.1 Å². The van der Waals surface area contributed by atoms with Crippen molar-refractivity contribution in [1.82, 2.24) is 15.6 Å². The minimum Gasteiger partial charge on any atom is -0.507 e. The number of aromatic amines is 1. The lowest BCUT2D eigenvalue weighted by Crippen LogP contribution is -2.19. The van der Waals surface area contributed by atoms with Crippen LogP contribution in [-0.4, -0.2) is 27.4 Å². The number of nitrogens with zero attached hydrogens (tertiary/aromatic N) is 2. The molecule has 1 aliphatic carbocycles. The molecular weight excluding hydrogens is 352 g/mol. The Labute approximate surface area is 166 Å². The average Bonchev–Trinajstić information content (AvgIpc) is 3.30. The highest BCUT2D eigenvalue weighted by molar-refractivity contribution is 5.93. The first-order valence-electron chi connectivity index (χ1n) is 9.73. The minimum absolute atomic E-state index is 0.217. The lowest BCUT2D eigenvalue weighted by atomic mass is 9.78. The van der Waals surface area contributed by atoms with Gasteiger partial charge in [0.2, 0.25) is 0 Å². The van der Waals surface area contributed by atoms with Crippen molar-refractivity contribution in [3.8, 4) is 5.75 Å². The van der Waals surface area contributed by atoms with Crippen LogP contribution in [0.25, 0.3) is 0 Å². The number of nitrogens with one attached hydrogen (secondary N) is 2. The molecule has 1 amide bonds. The van der Waals surface area contributed by atoms with Crippen molar-refractivity contribution >= 4 is 12.1 Å². The molecular formula is C22H30N4O2. The summed E-state index contributed by atoms with van der Waals surface area (Å²) in [6.07, 6.45) is 3.90. The normalized spacial score (nSPS) is 15.2. The fraction of sp³-hybridized carbons (Fsp3) is 0.500. The zero-order valence-electron chi connectivity index (χ0n) is 17.6. The SMILES string of the molecule is CC(C)(C)c1cc(C=NNC(=O)c2cc(C3CC3)[nH]n2)cc(C(C)(C)C)c1O. The van der Waals surface area contributed by atoms with E-state index in [1.54, 1.807) is 12.3 Å². The predicted molar refractivity (Wildman–Crippen MR) is 111 cm³/mol. The van der Waals surface area contributed by atoms with E-state index in [2.05, 4.69) is 62.3 Å². The number of benzene rings is 1. The molecule has 2 aromatic rings. The van der Waals surface area contributed by atoms with Crippen LogP contribution in [0.1, 0.15) is 93.2 Å². The second kappa shape index (κ2) is 7.08. The quantitative estimate of drug-likeness (QED) is 0.542. The first-order chi connectivity index (χ1) is 13.0. The van der Waals surface area contributed by atoms with Crippen LogP contribution in [-0.2, 0) is 10.8 Å². The highest BCUT2D eigenvalue weighted by Gasteiger charge is 2.27. The Morgan fingerprint density at radius 3 is 2.21 bits per heavy atom. The average molecular weight is 383 g/mol. The number of H-pyrrole nitrogens is 1. The molecule has 0 radical (unpaired) electrons. The third-order valence-electron chi connectivity index (χ3n) is 4.98. The van der Waals surface area contributed by atoms with Crippen LogP contribution in [0.15, 0.2) is 23.3 Å². The zero-order valence-corrected chi connectivity index (χ0v) is 17.6. The Morgan fingerprint density at radius 2 is 1.71 bits per heavy atom. The van der Waals surface area contributed by atoms with Gasteiger partial charge in [0, 0.05) is 22.7 Å². The van der Waals surface area contributed by atoms with Crippen molar-refractivity contribution in [1.29, 1.82) is 0 Å². The Balaban J connectivity index is 1.81. The highest BCUT2D eigenvalue weighted by Crippen LogP contribution is 2.40. The summed E-state index contributed by atoms with van der Waals surface area (Å²) in [5.74, 6) is 0.497. The summed E-state index contributed by atoms with van der Waals surface area (Å²) in [7, 11) is 0. The number of aromatic nitrogens is 2. The molecule has 0 spiro atoms. The number of hydrazone groups is 1. The van der Waals surface area contributed by atoms with E-state index in [0.717, 1.165) is 35.2 Å². The maximum Gasteiger partial charge on any atom is 0.291 e. The van der Waals surface area contributed by atoms with E-state index in [4.69, 9.17) is 0 Å². The maximum absolute atomic E-state index is 12.3. The van der Waals surface area contributed by atoms with Gasteiger partial charge >= 0.3 is 0 Å². The smallest absolute Gasteiger partial charge is 0.291 e. The molecule has 1 aromatic heterocycles. The number of hydrogen-bond acceptors (Lipinski definition) is 4. The lowest BCUT2D eigenvalue weighted by Gasteiger charge is -2.27. The molecule has 3 N–H and O–H groups in total. The van der Waals surface area contributed by atoms with Crippen molar-refractivity contribution in [2.45, 2.75) is 71.1 Å². The van der Waals surface area contributed by atoms with Gasteiger partial charge in [0.15, 0.2) is 5.69 Å². The molecule has 1 fully saturated rings. The maximum atomic E-state index is 12.3. The topological polar surface area (TPSA) is 90.4 Å².